The molecule has 0 aromatic carbocycles. The second-order valence-electron chi connectivity index (χ2n) is 23.6. The number of carbonyl (C=O) groups is 3. The number of hydrogen-bond acceptors (Lipinski definition) is 14. The van der Waals surface area contributed by atoms with Crippen LogP contribution in [0.3, 0.4) is 0 Å². The Kier molecular flexibility index (Phi) is 65.0. The van der Waals surface area contributed by atoms with Crippen molar-refractivity contribution in [1.82, 2.24) is 0 Å². The van der Waals surface area contributed by atoms with Crippen LogP contribution in [0.15, 0.2) is 122 Å². The fourth-order valence-corrected chi connectivity index (χ4v) is 10.8. The highest BCUT2D eigenvalue weighted by Gasteiger charge is 2.29. The van der Waals surface area contributed by atoms with Gasteiger partial charge in [-0.3, -0.25) is 32.5 Å². The van der Waals surface area contributed by atoms with E-state index < -0.39 is 91.5 Å². The van der Waals surface area contributed by atoms with Gasteiger partial charge in [0.25, 0.3) is 0 Å². The SMILES string of the molecule is CC/C=C\C/C=C\C/C=C\C/C=C\C/C=C\CCCCCCCCCCCCCC(=O)OCC(O)COP(=O)(O)OCC(O)COP(=O)(O)OCC(COC(=O)CCCCCC/C=C\C/C=C\C/C=C\C/C=C\CC)OC(=O)CCCCCCC/C=C\CCCCCC. The van der Waals surface area contributed by atoms with Crippen molar-refractivity contribution < 1.29 is 75.8 Å². The van der Waals surface area contributed by atoms with E-state index in [0.717, 1.165) is 148 Å². The highest BCUT2D eigenvalue weighted by atomic mass is 31.2. The minimum Gasteiger partial charge on any atom is -0.463 e. The van der Waals surface area contributed by atoms with Gasteiger partial charge in [-0.25, -0.2) is 9.13 Å². The summed E-state index contributed by atoms with van der Waals surface area (Å²) in [5, 5.41) is 20.6. The summed E-state index contributed by atoms with van der Waals surface area (Å²) in [6, 6.07) is 0. The van der Waals surface area contributed by atoms with Crippen molar-refractivity contribution >= 4 is 33.6 Å². The van der Waals surface area contributed by atoms with E-state index in [1.165, 1.54) is 70.6 Å². The Morgan fingerprint density at radius 2 is 0.570 bits per heavy atom. The summed E-state index contributed by atoms with van der Waals surface area (Å²) in [6.07, 6.45) is 78.3. The zero-order valence-electron chi connectivity index (χ0n) is 57.9. The lowest BCUT2D eigenvalue weighted by Crippen LogP contribution is -2.30. The van der Waals surface area contributed by atoms with E-state index in [1.54, 1.807) is 0 Å². The van der Waals surface area contributed by atoms with Gasteiger partial charge in [0, 0.05) is 19.3 Å². The first-order chi connectivity index (χ1) is 45.2. The number of allylic oxidation sites excluding steroid dienone is 20. The molecule has 5 atom stereocenters. The first-order valence-electron chi connectivity index (χ1n) is 35.8. The molecule has 534 valence electrons. The third-order valence-electron chi connectivity index (χ3n) is 14.7. The number of aliphatic hydroxyl groups excluding tert-OH is 2. The van der Waals surface area contributed by atoms with Crippen molar-refractivity contribution in [3.8, 4) is 0 Å². The van der Waals surface area contributed by atoms with Crippen LogP contribution < -0.4 is 0 Å². The van der Waals surface area contributed by atoms with Gasteiger partial charge in [-0.1, -0.05) is 251 Å². The number of aliphatic hydroxyl groups is 2. The number of hydrogen-bond donors (Lipinski definition) is 4. The fraction of sp³-hybridized carbons (Fsp3) is 0.693. The smallest absolute Gasteiger partial charge is 0.463 e. The van der Waals surface area contributed by atoms with E-state index in [9.17, 15) is 43.5 Å². The molecule has 0 rings (SSSR count). The third-order valence-corrected chi connectivity index (χ3v) is 16.6. The largest absolute Gasteiger partial charge is 0.472 e. The summed E-state index contributed by atoms with van der Waals surface area (Å²) in [5.41, 5.74) is 0. The van der Waals surface area contributed by atoms with Crippen molar-refractivity contribution in [2.75, 3.05) is 39.6 Å². The van der Waals surface area contributed by atoms with E-state index in [4.69, 9.17) is 32.3 Å². The van der Waals surface area contributed by atoms with Crippen LogP contribution >= 0.6 is 15.6 Å². The fourth-order valence-electron chi connectivity index (χ4n) is 9.23. The molecule has 93 heavy (non-hydrogen) atoms. The number of ether oxygens (including phenoxy) is 3. The standard InChI is InChI=1S/C75H128O16P2/c1-4-7-10-13-16-19-22-25-27-29-30-31-32-33-34-35-36-37-38-40-42-44-46-49-52-55-58-61-73(78)85-64-70(76)65-87-92(81,82)88-66-71(77)67-89-93(83,84)90-69-72(91-75(80)63-60-57-54-51-48-43-24-21-18-15-12-9-6-3)68-86-74(79)62-59-56-53-50-47-45-41-39-28-26-23-20-17-14-11-8-5-2/h7-8,10-11,16-17,19-21,24-28,30-31,33-34,41,45,70-72,76-77H,4-6,9,12-15,18,22-23,29,32,35-40,42-44,46-69H2,1-3H3,(H,81,82)(H,83,84)/b10-7-,11-8-,19-16-,20-17-,24-21-,27-25-,28-26-,31-30-,34-33-,45-41-. The molecule has 0 aromatic rings. The van der Waals surface area contributed by atoms with E-state index in [-0.39, 0.29) is 19.3 Å². The predicted molar refractivity (Wildman–Crippen MR) is 380 cm³/mol. The molecule has 0 radical (unpaired) electrons. The highest BCUT2D eigenvalue weighted by Crippen LogP contribution is 2.45. The van der Waals surface area contributed by atoms with Gasteiger partial charge in [-0.15, -0.1) is 0 Å². The van der Waals surface area contributed by atoms with Gasteiger partial charge < -0.3 is 34.2 Å². The van der Waals surface area contributed by atoms with Crippen molar-refractivity contribution in [2.24, 2.45) is 0 Å². The maximum atomic E-state index is 12.9. The van der Waals surface area contributed by atoms with E-state index in [2.05, 4.69) is 142 Å². The van der Waals surface area contributed by atoms with E-state index in [0.29, 0.717) is 19.3 Å². The quantitative estimate of drug-likeness (QED) is 0.0146. The summed E-state index contributed by atoms with van der Waals surface area (Å²) >= 11 is 0. The van der Waals surface area contributed by atoms with Crippen LogP contribution in [0.25, 0.3) is 0 Å². The molecule has 0 amide bonds. The van der Waals surface area contributed by atoms with Gasteiger partial charge in [0.2, 0.25) is 0 Å². The Balaban J connectivity index is 4.53. The topological polar surface area (TPSA) is 231 Å². The van der Waals surface area contributed by atoms with Crippen LogP contribution in [-0.4, -0.2) is 95.9 Å². The molecule has 0 aliphatic heterocycles. The van der Waals surface area contributed by atoms with Gasteiger partial charge in [0.1, 0.15) is 25.4 Å². The van der Waals surface area contributed by atoms with Gasteiger partial charge in [0.15, 0.2) is 6.10 Å². The molecule has 0 aliphatic rings. The van der Waals surface area contributed by atoms with Crippen LogP contribution in [0.5, 0.6) is 0 Å². The molecular weight excluding hydrogens is 1220 g/mol. The van der Waals surface area contributed by atoms with Gasteiger partial charge in [-0.05, 0) is 128 Å². The normalized spacial score (nSPS) is 14.9. The van der Waals surface area contributed by atoms with Crippen LogP contribution in [0.1, 0.15) is 278 Å². The first kappa shape index (κ1) is 89.0. The van der Waals surface area contributed by atoms with Crippen LogP contribution in [0.2, 0.25) is 0 Å². The summed E-state index contributed by atoms with van der Waals surface area (Å²) in [5.74, 6) is -1.62. The number of esters is 3. The highest BCUT2D eigenvalue weighted by molar-refractivity contribution is 7.47. The van der Waals surface area contributed by atoms with Crippen LogP contribution in [0.4, 0.5) is 0 Å². The summed E-state index contributed by atoms with van der Waals surface area (Å²) in [6.45, 7) is 2.38. The average Bonchev–Trinajstić information content (AvgIpc) is 2.77. The van der Waals surface area contributed by atoms with Crippen LogP contribution in [-0.2, 0) is 55.8 Å². The molecule has 0 bridgehead atoms. The Morgan fingerprint density at radius 1 is 0.312 bits per heavy atom. The molecule has 0 heterocycles. The second kappa shape index (κ2) is 67.9. The molecule has 0 saturated heterocycles. The Morgan fingerprint density at radius 3 is 0.914 bits per heavy atom. The van der Waals surface area contributed by atoms with Gasteiger partial charge in [-0.2, -0.15) is 0 Å². The monoisotopic (exact) mass is 1350 g/mol. The average molecular weight is 1350 g/mol. The van der Waals surface area contributed by atoms with Crippen LogP contribution in [0, 0.1) is 0 Å². The molecule has 18 heteroatoms. The molecule has 0 spiro atoms. The maximum Gasteiger partial charge on any atom is 0.472 e. The molecule has 0 saturated carbocycles. The minimum absolute atomic E-state index is 0.0871. The lowest BCUT2D eigenvalue weighted by Gasteiger charge is -2.21. The van der Waals surface area contributed by atoms with Gasteiger partial charge >= 0.3 is 33.6 Å². The Labute approximate surface area is 563 Å². The Hall–Kier alpha value is -4.05. The molecule has 0 fully saturated rings. The maximum absolute atomic E-state index is 12.9. The van der Waals surface area contributed by atoms with Crippen molar-refractivity contribution in [2.45, 2.75) is 296 Å². The molecule has 16 nitrogen and oxygen atoms in total. The number of carbonyl (C=O) groups excluding carboxylic acids is 3. The van der Waals surface area contributed by atoms with Crippen molar-refractivity contribution in [1.29, 1.82) is 0 Å². The van der Waals surface area contributed by atoms with E-state index >= 15 is 0 Å². The molecule has 0 aliphatic carbocycles. The second-order valence-corrected chi connectivity index (χ2v) is 26.5. The number of phosphoric acid groups is 2. The molecular formula is C75H128O16P2. The number of unbranched alkanes of at least 4 members (excludes halogenated alkanes) is 24. The summed E-state index contributed by atoms with van der Waals surface area (Å²) in [4.78, 5) is 58.4. The predicted octanol–water partition coefficient (Wildman–Crippen LogP) is 20.2. The number of phosphoric ester groups is 2. The Bertz CT molecular complexity index is 2180. The molecule has 4 N–H and O–H groups in total. The number of rotatable bonds is 67. The first-order valence-corrected chi connectivity index (χ1v) is 38.8. The minimum atomic E-state index is -4.93. The lowest BCUT2D eigenvalue weighted by molar-refractivity contribution is -0.161. The summed E-state index contributed by atoms with van der Waals surface area (Å²) in [7, 11) is -9.79. The lowest BCUT2D eigenvalue weighted by atomic mass is 10.0. The zero-order valence-corrected chi connectivity index (χ0v) is 59.7. The molecule has 0 aromatic heterocycles. The van der Waals surface area contributed by atoms with Crippen molar-refractivity contribution in [3.05, 3.63) is 122 Å². The third kappa shape index (κ3) is 69.1. The zero-order chi connectivity index (χ0) is 68.1. The van der Waals surface area contributed by atoms with Gasteiger partial charge in [0.05, 0.1) is 26.4 Å². The van der Waals surface area contributed by atoms with E-state index in [1.807, 2.05) is 0 Å². The summed E-state index contributed by atoms with van der Waals surface area (Å²) < 4.78 is 60.9. The molecule has 5 unspecified atom stereocenters. The van der Waals surface area contributed by atoms with Crippen molar-refractivity contribution in [3.63, 3.8) is 0 Å².